The highest BCUT2D eigenvalue weighted by Gasteiger charge is 2.15. The van der Waals surface area contributed by atoms with Crippen molar-refractivity contribution in [2.45, 2.75) is 6.92 Å². The zero-order valence-electron chi connectivity index (χ0n) is 13.7. The summed E-state index contributed by atoms with van der Waals surface area (Å²) in [6, 6.07) is 11.6. The lowest BCUT2D eigenvalue weighted by atomic mass is 10.1. The highest BCUT2D eigenvalue weighted by molar-refractivity contribution is 9.10. The molecule has 3 aromatic rings. The molecule has 3 rings (SSSR count). The van der Waals surface area contributed by atoms with E-state index in [1.165, 1.54) is 13.2 Å². The number of carbonyl (C=O) groups is 1. The Morgan fingerprint density at radius 1 is 1.20 bits per heavy atom. The maximum atomic E-state index is 14.4. The van der Waals surface area contributed by atoms with E-state index in [1.54, 1.807) is 35.2 Å². The van der Waals surface area contributed by atoms with Crippen molar-refractivity contribution in [3.63, 3.8) is 0 Å². The first-order valence-corrected chi connectivity index (χ1v) is 8.37. The molecule has 1 heterocycles. The fourth-order valence-electron chi connectivity index (χ4n) is 2.57. The first-order valence-electron chi connectivity index (χ1n) is 7.58. The number of amides is 1. The topological polar surface area (TPSA) is 43.3 Å². The lowest BCUT2D eigenvalue weighted by Gasteiger charge is -2.14. The number of ether oxygens (including phenoxy) is 1. The number of rotatable bonds is 4. The summed E-state index contributed by atoms with van der Waals surface area (Å²) in [5, 5.41) is 2.80. The highest BCUT2D eigenvalue weighted by Crippen LogP contribution is 2.32. The molecule has 1 aromatic heterocycles. The molecule has 128 valence electrons. The van der Waals surface area contributed by atoms with Gasteiger partial charge in [-0.25, -0.2) is 4.39 Å². The van der Waals surface area contributed by atoms with Gasteiger partial charge in [0.15, 0.2) is 0 Å². The summed E-state index contributed by atoms with van der Waals surface area (Å²) in [5.74, 6) is -0.338. The summed E-state index contributed by atoms with van der Waals surface area (Å²) in [6.07, 6.45) is 3.49. The predicted molar refractivity (Wildman–Crippen MR) is 99.1 cm³/mol. The van der Waals surface area contributed by atoms with Crippen molar-refractivity contribution < 1.29 is 13.9 Å². The van der Waals surface area contributed by atoms with Crippen LogP contribution in [0, 0.1) is 12.7 Å². The van der Waals surface area contributed by atoms with E-state index in [0.29, 0.717) is 17.1 Å². The van der Waals surface area contributed by atoms with Gasteiger partial charge in [-0.3, -0.25) is 4.79 Å². The third kappa shape index (κ3) is 3.58. The van der Waals surface area contributed by atoms with Crippen LogP contribution in [0.1, 0.15) is 15.9 Å². The second-order valence-electron chi connectivity index (χ2n) is 5.51. The van der Waals surface area contributed by atoms with Gasteiger partial charge in [-0.15, -0.1) is 0 Å². The van der Waals surface area contributed by atoms with Crippen LogP contribution in [0.15, 0.2) is 59.3 Å². The quantitative estimate of drug-likeness (QED) is 0.670. The summed E-state index contributed by atoms with van der Waals surface area (Å²) >= 11 is 3.39. The Bertz CT molecular complexity index is 923. The summed E-state index contributed by atoms with van der Waals surface area (Å²) in [5.41, 5.74) is 2.02. The number of anilines is 1. The van der Waals surface area contributed by atoms with E-state index in [1.807, 2.05) is 25.1 Å². The molecule has 0 unspecified atom stereocenters. The van der Waals surface area contributed by atoms with Gasteiger partial charge in [0.05, 0.1) is 18.5 Å². The van der Waals surface area contributed by atoms with Gasteiger partial charge in [0.1, 0.15) is 11.6 Å². The fraction of sp³-hybridized carbons (Fsp3) is 0.105. The van der Waals surface area contributed by atoms with Crippen LogP contribution in [-0.2, 0) is 0 Å². The van der Waals surface area contributed by atoms with E-state index in [2.05, 4.69) is 21.2 Å². The molecule has 0 saturated heterocycles. The zero-order chi connectivity index (χ0) is 18.0. The number of aryl methyl sites for hydroxylation is 1. The molecule has 4 nitrogen and oxygen atoms in total. The second kappa shape index (κ2) is 7.11. The maximum absolute atomic E-state index is 14.4. The molecule has 0 bridgehead atoms. The summed E-state index contributed by atoms with van der Waals surface area (Å²) in [4.78, 5) is 12.5. The van der Waals surface area contributed by atoms with Gasteiger partial charge in [-0.1, -0.05) is 15.9 Å². The predicted octanol–water partition coefficient (Wildman–Crippen LogP) is 4.95. The van der Waals surface area contributed by atoms with Gasteiger partial charge < -0.3 is 14.6 Å². The number of carbonyl (C=O) groups excluding carboxylic acids is 1. The molecule has 1 N–H and O–H groups in total. The van der Waals surface area contributed by atoms with Gasteiger partial charge in [0.2, 0.25) is 0 Å². The number of benzene rings is 2. The summed E-state index contributed by atoms with van der Waals surface area (Å²) < 4.78 is 22.2. The Kier molecular flexibility index (Phi) is 4.90. The normalized spacial score (nSPS) is 10.6. The number of nitrogens with one attached hydrogen (secondary N) is 1. The third-order valence-electron chi connectivity index (χ3n) is 3.82. The molecule has 2 aromatic carbocycles. The second-order valence-corrected chi connectivity index (χ2v) is 6.43. The van der Waals surface area contributed by atoms with Gasteiger partial charge >= 0.3 is 0 Å². The van der Waals surface area contributed by atoms with E-state index in [9.17, 15) is 9.18 Å². The van der Waals surface area contributed by atoms with E-state index in [-0.39, 0.29) is 5.56 Å². The van der Waals surface area contributed by atoms with Gasteiger partial charge in [0, 0.05) is 22.4 Å². The molecule has 1 amide bonds. The molecule has 0 aliphatic heterocycles. The Morgan fingerprint density at radius 2 is 1.92 bits per heavy atom. The minimum absolute atomic E-state index is 0.234. The average Bonchev–Trinajstić information content (AvgIpc) is 3.11. The van der Waals surface area contributed by atoms with Gasteiger partial charge in [-0.2, -0.15) is 0 Å². The van der Waals surface area contributed by atoms with Gasteiger partial charge in [-0.05, 0) is 55.0 Å². The standard InChI is InChI=1S/C19H16BrFN2O2/c1-12-9-14(20)11-17(25-2)18(12)22-19(24)13-5-6-16(15(21)10-13)23-7-3-4-8-23/h3-11H,1-2H3,(H,22,24). The van der Waals surface area contributed by atoms with Crippen LogP contribution in [0.25, 0.3) is 5.69 Å². The van der Waals surface area contributed by atoms with Crippen molar-refractivity contribution in [1.29, 1.82) is 0 Å². The molecule has 6 heteroatoms. The van der Waals surface area contributed by atoms with Gasteiger partial charge in [0.25, 0.3) is 5.91 Å². The molecular weight excluding hydrogens is 387 g/mol. The minimum atomic E-state index is -0.469. The van der Waals surface area contributed by atoms with Crippen LogP contribution >= 0.6 is 15.9 Å². The summed E-state index contributed by atoms with van der Waals surface area (Å²) in [6.45, 7) is 1.86. The lowest BCUT2D eigenvalue weighted by molar-refractivity contribution is 0.102. The number of hydrogen-bond donors (Lipinski definition) is 1. The van der Waals surface area contributed by atoms with E-state index in [0.717, 1.165) is 10.0 Å². The smallest absolute Gasteiger partial charge is 0.255 e. The van der Waals surface area contributed by atoms with Crippen molar-refractivity contribution >= 4 is 27.5 Å². The monoisotopic (exact) mass is 402 g/mol. The van der Waals surface area contributed by atoms with Crippen molar-refractivity contribution in [2.75, 3.05) is 12.4 Å². The molecule has 0 fully saturated rings. The minimum Gasteiger partial charge on any atom is -0.495 e. The third-order valence-corrected chi connectivity index (χ3v) is 4.27. The van der Waals surface area contributed by atoms with Crippen molar-refractivity contribution in [3.8, 4) is 11.4 Å². The van der Waals surface area contributed by atoms with Crippen molar-refractivity contribution in [2.24, 2.45) is 0 Å². The van der Waals surface area contributed by atoms with E-state index < -0.39 is 11.7 Å². The van der Waals surface area contributed by atoms with Crippen LogP contribution in [0.2, 0.25) is 0 Å². The molecular formula is C19H16BrFN2O2. The van der Waals surface area contributed by atoms with Crippen LogP contribution < -0.4 is 10.1 Å². The van der Waals surface area contributed by atoms with Crippen LogP contribution in [0.5, 0.6) is 5.75 Å². The summed E-state index contributed by atoms with van der Waals surface area (Å²) in [7, 11) is 1.53. The molecule has 0 spiro atoms. The molecule has 0 aliphatic rings. The Labute approximate surface area is 153 Å². The molecule has 0 aliphatic carbocycles. The van der Waals surface area contributed by atoms with E-state index >= 15 is 0 Å². The Morgan fingerprint density at radius 3 is 2.56 bits per heavy atom. The number of aromatic nitrogens is 1. The molecule has 0 saturated carbocycles. The van der Waals surface area contributed by atoms with Crippen LogP contribution in [-0.4, -0.2) is 17.6 Å². The number of nitrogens with zero attached hydrogens (tertiary/aromatic N) is 1. The number of hydrogen-bond acceptors (Lipinski definition) is 2. The maximum Gasteiger partial charge on any atom is 0.255 e. The zero-order valence-corrected chi connectivity index (χ0v) is 15.3. The van der Waals surface area contributed by atoms with Crippen molar-refractivity contribution in [1.82, 2.24) is 4.57 Å². The number of methoxy groups -OCH3 is 1. The molecule has 25 heavy (non-hydrogen) atoms. The fourth-order valence-corrected chi connectivity index (χ4v) is 3.12. The van der Waals surface area contributed by atoms with Crippen LogP contribution in [0.4, 0.5) is 10.1 Å². The van der Waals surface area contributed by atoms with E-state index in [4.69, 9.17) is 4.74 Å². The Hall–Kier alpha value is -2.60. The SMILES string of the molecule is COc1cc(Br)cc(C)c1NC(=O)c1ccc(-n2cccc2)c(F)c1. The Balaban J connectivity index is 1.89. The largest absolute Gasteiger partial charge is 0.495 e. The van der Waals surface area contributed by atoms with Crippen LogP contribution in [0.3, 0.4) is 0 Å². The number of halogens is 2. The molecule has 0 radical (unpaired) electrons. The highest BCUT2D eigenvalue weighted by atomic mass is 79.9. The first kappa shape index (κ1) is 17.2. The average molecular weight is 403 g/mol. The first-order chi connectivity index (χ1) is 12.0. The molecule has 0 atom stereocenters. The van der Waals surface area contributed by atoms with Crippen molar-refractivity contribution in [3.05, 3.63) is 76.3 Å². The lowest BCUT2D eigenvalue weighted by Crippen LogP contribution is -2.14.